The van der Waals surface area contributed by atoms with E-state index in [4.69, 9.17) is 0 Å². The second-order valence-corrected chi connectivity index (χ2v) is 5.48. The van der Waals surface area contributed by atoms with Crippen LogP contribution in [0.15, 0.2) is 35.0 Å². The molecule has 0 atom stereocenters. The van der Waals surface area contributed by atoms with Crippen molar-refractivity contribution in [3.05, 3.63) is 52.0 Å². The van der Waals surface area contributed by atoms with Crippen molar-refractivity contribution < 1.29 is 0 Å². The van der Waals surface area contributed by atoms with Gasteiger partial charge in [0.2, 0.25) is 0 Å². The highest BCUT2D eigenvalue weighted by Crippen LogP contribution is 2.10. The molecule has 0 aliphatic heterocycles. The molecule has 2 heterocycles. The fourth-order valence-corrected chi connectivity index (χ4v) is 2.66. The van der Waals surface area contributed by atoms with E-state index >= 15 is 0 Å². The summed E-state index contributed by atoms with van der Waals surface area (Å²) in [5, 5.41) is 7.63. The number of pyridine rings is 1. The summed E-state index contributed by atoms with van der Waals surface area (Å²) < 4.78 is 0. The molecule has 19 heavy (non-hydrogen) atoms. The Morgan fingerprint density at radius 3 is 2.79 bits per heavy atom. The standard InChI is InChI=1S/C15H21N3S/c1-3-16-9-14-5-4-6-15(17-14)11-18(2)10-13-7-8-19-12-13/h4-8,12,16H,3,9-11H2,1-2H3. The first-order valence-electron chi connectivity index (χ1n) is 6.63. The number of rotatable bonds is 7. The molecule has 1 N–H and O–H groups in total. The van der Waals surface area contributed by atoms with Gasteiger partial charge in [0.1, 0.15) is 0 Å². The molecule has 102 valence electrons. The van der Waals surface area contributed by atoms with E-state index in [0.29, 0.717) is 0 Å². The molecular formula is C15H21N3S. The zero-order valence-electron chi connectivity index (χ0n) is 11.6. The third-order valence-electron chi connectivity index (χ3n) is 2.89. The molecule has 2 aromatic heterocycles. The minimum Gasteiger partial charge on any atom is -0.311 e. The van der Waals surface area contributed by atoms with Crippen LogP contribution in [0.5, 0.6) is 0 Å². The normalized spacial score (nSPS) is 11.1. The van der Waals surface area contributed by atoms with Gasteiger partial charge in [-0.1, -0.05) is 13.0 Å². The van der Waals surface area contributed by atoms with Crippen molar-refractivity contribution in [2.75, 3.05) is 13.6 Å². The second-order valence-electron chi connectivity index (χ2n) is 4.70. The predicted molar refractivity (Wildman–Crippen MR) is 81.1 cm³/mol. The lowest BCUT2D eigenvalue weighted by Crippen LogP contribution is -2.19. The third-order valence-corrected chi connectivity index (χ3v) is 3.62. The quantitative estimate of drug-likeness (QED) is 0.842. The molecule has 0 bridgehead atoms. The van der Waals surface area contributed by atoms with Gasteiger partial charge in [-0.25, -0.2) is 0 Å². The molecule has 0 aromatic carbocycles. The number of thiophene rings is 1. The molecule has 0 fully saturated rings. The minimum absolute atomic E-state index is 0.846. The highest BCUT2D eigenvalue weighted by molar-refractivity contribution is 7.07. The number of hydrogen-bond acceptors (Lipinski definition) is 4. The molecule has 0 unspecified atom stereocenters. The summed E-state index contributed by atoms with van der Waals surface area (Å²) >= 11 is 1.75. The molecule has 0 amide bonds. The topological polar surface area (TPSA) is 28.2 Å². The second kappa shape index (κ2) is 7.38. The van der Waals surface area contributed by atoms with E-state index in [2.05, 4.69) is 64.2 Å². The summed E-state index contributed by atoms with van der Waals surface area (Å²) in [6.45, 7) is 5.79. The lowest BCUT2D eigenvalue weighted by atomic mass is 10.2. The Hall–Kier alpha value is -1.23. The molecule has 2 rings (SSSR count). The Kier molecular flexibility index (Phi) is 5.51. The van der Waals surface area contributed by atoms with E-state index in [9.17, 15) is 0 Å². The van der Waals surface area contributed by atoms with Gasteiger partial charge in [0.25, 0.3) is 0 Å². The lowest BCUT2D eigenvalue weighted by Gasteiger charge is -2.15. The summed E-state index contributed by atoms with van der Waals surface area (Å²) in [5.74, 6) is 0. The Morgan fingerprint density at radius 2 is 2.05 bits per heavy atom. The first kappa shape index (κ1) is 14.2. The number of nitrogens with one attached hydrogen (secondary N) is 1. The van der Waals surface area contributed by atoms with Crippen LogP contribution in [0.4, 0.5) is 0 Å². The van der Waals surface area contributed by atoms with Crippen molar-refractivity contribution in [2.24, 2.45) is 0 Å². The monoisotopic (exact) mass is 275 g/mol. The smallest absolute Gasteiger partial charge is 0.0547 e. The molecule has 0 saturated heterocycles. The minimum atomic E-state index is 0.846. The van der Waals surface area contributed by atoms with Crippen molar-refractivity contribution in [1.29, 1.82) is 0 Å². The van der Waals surface area contributed by atoms with E-state index in [0.717, 1.165) is 37.6 Å². The van der Waals surface area contributed by atoms with Crippen molar-refractivity contribution >= 4 is 11.3 Å². The highest BCUT2D eigenvalue weighted by Gasteiger charge is 2.04. The molecule has 0 radical (unpaired) electrons. The number of aromatic nitrogens is 1. The lowest BCUT2D eigenvalue weighted by molar-refractivity contribution is 0.315. The van der Waals surface area contributed by atoms with Gasteiger partial charge in [0, 0.05) is 19.6 Å². The Labute approximate surface area is 119 Å². The molecule has 3 nitrogen and oxygen atoms in total. The summed E-state index contributed by atoms with van der Waals surface area (Å²) in [6, 6.07) is 8.44. The van der Waals surface area contributed by atoms with Crippen LogP contribution in [0.1, 0.15) is 23.9 Å². The zero-order chi connectivity index (χ0) is 13.5. The third kappa shape index (κ3) is 4.74. The molecule has 0 spiro atoms. The van der Waals surface area contributed by atoms with E-state index < -0.39 is 0 Å². The van der Waals surface area contributed by atoms with Crippen LogP contribution in [0, 0.1) is 0 Å². The molecule has 0 saturated carbocycles. The average Bonchev–Trinajstić information content (AvgIpc) is 2.89. The van der Waals surface area contributed by atoms with Crippen LogP contribution in [-0.2, 0) is 19.6 Å². The molecule has 4 heteroatoms. The largest absolute Gasteiger partial charge is 0.311 e. The van der Waals surface area contributed by atoms with E-state index in [1.54, 1.807) is 11.3 Å². The van der Waals surface area contributed by atoms with Gasteiger partial charge in [0.15, 0.2) is 0 Å². The highest BCUT2D eigenvalue weighted by atomic mass is 32.1. The maximum atomic E-state index is 4.68. The van der Waals surface area contributed by atoms with Crippen LogP contribution < -0.4 is 5.32 Å². The van der Waals surface area contributed by atoms with Gasteiger partial charge < -0.3 is 5.32 Å². The van der Waals surface area contributed by atoms with Crippen LogP contribution in [0.2, 0.25) is 0 Å². The van der Waals surface area contributed by atoms with Crippen LogP contribution in [0.25, 0.3) is 0 Å². The van der Waals surface area contributed by atoms with Gasteiger partial charge >= 0.3 is 0 Å². The van der Waals surface area contributed by atoms with Crippen LogP contribution >= 0.6 is 11.3 Å². The van der Waals surface area contributed by atoms with Crippen molar-refractivity contribution in [3.63, 3.8) is 0 Å². The Morgan fingerprint density at radius 1 is 1.21 bits per heavy atom. The SMILES string of the molecule is CCNCc1cccc(CN(C)Cc2ccsc2)n1. The molecule has 2 aromatic rings. The van der Waals surface area contributed by atoms with E-state index in [1.165, 1.54) is 5.56 Å². The number of nitrogens with zero attached hydrogens (tertiary/aromatic N) is 2. The molecule has 0 aliphatic rings. The maximum absolute atomic E-state index is 4.68. The Balaban J connectivity index is 1.90. The van der Waals surface area contributed by atoms with Crippen molar-refractivity contribution in [3.8, 4) is 0 Å². The van der Waals surface area contributed by atoms with Gasteiger partial charge in [-0.15, -0.1) is 0 Å². The van der Waals surface area contributed by atoms with Crippen LogP contribution in [-0.4, -0.2) is 23.5 Å². The fraction of sp³-hybridized carbons (Fsp3) is 0.400. The first-order chi connectivity index (χ1) is 9.28. The summed E-state index contributed by atoms with van der Waals surface area (Å²) in [5.41, 5.74) is 3.62. The van der Waals surface area contributed by atoms with E-state index in [-0.39, 0.29) is 0 Å². The predicted octanol–water partition coefficient (Wildman–Crippen LogP) is 2.88. The summed E-state index contributed by atoms with van der Waals surface area (Å²) in [7, 11) is 2.14. The summed E-state index contributed by atoms with van der Waals surface area (Å²) in [6.07, 6.45) is 0. The summed E-state index contributed by atoms with van der Waals surface area (Å²) in [4.78, 5) is 6.97. The van der Waals surface area contributed by atoms with Gasteiger partial charge in [0.05, 0.1) is 11.4 Å². The maximum Gasteiger partial charge on any atom is 0.0547 e. The van der Waals surface area contributed by atoms with Crippen molar-refractivity contribution in [1.82, 2.24) is 15.2 Å². The van der Waals surface area contributed by atoms with Gasteiger partial charge in [-0.05, 0) is 48.1 Å². The Bertz CT molecular complexity index is 482. The average molecular weight is 275 g/mol. The van der Waals surface area contributed by atoms with Crippen molar-refractivity contribution in [2.45, 2.75) is 26.6 Å². The van der Waals surface area contributed by atoms with Gasteiger partial charge in [-0.2, -0.15) is 11.3 Å². The number of hydrogen-bond donors (Lipinski definition) is 1. The van der Waals surface area contributed by atoms with Gasteiger partial charge in [-0.3, -0.25) is 9.88 Å². The first-order valence-corrected chi connectivity index (χ1v) is 7.57. The van der Waals surface area contributed by atoms with Crippen LogP contribution in [0.3, 0.4) is 0 Å². The zero-order valence-corrected chi connectivity index (χ0v) is 12.4. The fourth-order valence-electron chi connectivity index (χ4n) is 2.00. The molecular weight excluding hydrogens is 254 g/mol. The molecule has 0 aliphatic carbocycles. The van der Waals surface area contributed by atoms with E-state index in [1.807, 2.05) is 0 Å².